The van der Waals surface area contributed by atoms with Gasteiger partial charge < -0.3 is 5.11 Å². The van der Waals surface area contributed by atoms with Crippen LogP contribution in [-0.4, -0.2) is 30.7 Å². The summed E-state index contributed by atoms with van der Waals surface area (Å²) in [7, 11) is 0. The third-order valence-electron chi connectivity index (χ3n) is 4.13. The molecule has 0 spiro atoms. The lowest BCUT2D eigenvalue weighted by Crippen LogP contribution is -2.27. The van der Waals surface area contributed by atoms with Gasteiger partial charge in [0.05, 0.1) is 5.92 Å². The molecule has 20 heavy (non-hydrogen) atoms. The van der Waals surface area contributed by atoms with Gasteiger partial charge in [-0.15, -0.1) is 10.2 Å². The van der Waals surface area contributed by atoms with Crippen molar-refractivity contribution in [2.45, 2.75) is 45.4 Å². The largest absolute Gasteiger partial charge is 0.481 e. The highest BCUT2D eigenvalue weighted by molar-refractivity contribution is 5.71. The fourth-order valence-corrected chi connectivity index (χ4v) is 3.23. The van der Waals surface area contributed by atoms with Gasteiger partial charge in [-0.05, 0) is 26.7 Å². The van der Waals surface area contributed by atoms with Crippen molar-refractivity contribution in [2.75, 3.05) is 0 Å². The first kappa shape index (κ1) is 13.0. The van der Waals surface area contributed by atoms with Crippen molar-refractivity contribution in [3.05, 3.63) is 23.4 Å². The van der Waals surface area contributed by atoms with E-state index < -0.39 is 5.97 Å². The zero-order valence-corrected chi connectivity index (χ0v) is 11.7. The van der Waals surface area contributed by atoms with Gasteiger partial charge in [0.2, 0.25) is 0 Å². The van der Waals surface area contributed by atoms with Crippen LogP contribution in [0.3, 0.4) is 0 Å². The van der Waals surface area contributed by atoms with E-state index in [1.807, 2.05) is 24.3 Å². The summed E-state index contributed by atoms with van der Waals surface area (Å²) < 4.78 is 1.90. The molecule has 0 aliphatic heterocycles. The summed E-state index contributed by atoms with van der Waals surface area (Å²) in [5.74, 6) is 0.396. The SMILES string of the molecule is Cc1cc2nnc(C3CCCCC3C(=O)O)n2c(C)n1. The molecule has 0 saturated heterocycles. The molecule has 6 heteroatoms. The topological polar surface area (TPSA) is 80.4 Å². The zero-order chi connectivity index (χ0) is 14.3. The van der Waals surface area contributed by atoms with Crippen molar-refractivity contribution < 1.29 is 9.90 Å². The minimum atomic E-state index is -0.732. The quantitative estimate of drug-likeness (QED) is 0.907. The average Bonchev–Trinajstić information content (AvgIpc) is 2.82. The minimum Gasteiger partial charge on any atom is -0.481 e. The summed E-state index contributed by atoms with van der Waals surface area (Å²) in [6.45, 7) is 3.83. The van der Waals surface area contributed by atoms with Gasteiger partial charge >= 0.3 is 5.97 Å². The van der Waals surface area contributed by atoms with Gasteiger partial charge in [0, 0.05) is 17.7 Å². The molecule has 2 unspecified atom stereocenters. The van der Waals surface area contributed by atoms with Crippen LogP contribution in [0.25, 0.3) is 5.65 Å². The number of carboxylic acid groups (broad SMARTS) is 1. The van der Waals surface area contributed by atoms with Gasteiger partial charge in [0.25, 0.3) is 0 Å². The number of fused-ring (bicyclic) bond motifs is 1. The lowest BCUT2D eigenvalue weighted by atomic mass is 9.79. The molecule has 1 aliphatic carbocycles. The first-order chi connectivity index (χ1) is 9.58. The highest BCUT2D eigenvalue weighted by Crippen LogP contribution is 2.37. The molecule has 1 aliphatic rings. The van der Waals surface area contributed by atoms with Crippen LogP contribution in [0.4, 0.5) is 0 Å². The van der Waals surface area contributed by atoms with E-state index in [4.69, 9.17) is 0 Å². The van der Waals surface area contributed by atoms with Gasteiger partial charge in [0.15, 0.2) is 5.65 Å². The number of aliphatic carboxylic acids is 1. The molecule has 1 fully saturated rings. The lowest BCUT2D eigenvalue weighted by molar-refractivity contribution is -0.143. The van der Waals surface area contributed by atoms with Crippen LogP contribution in [0.5, 0.6) is 0 Å². The average molecular weight is 274 g/mol. The Balaban J connectivity index is 2.11. The second kappa shape index (κ2) is 4.85. The van der Waals surface area contributed by atoms with E-state index in [2.05, 4.69) is 15.2 Å². The number of hydrogen-bond acceptors (Lipinski definition) is 4. The Morgan fingerprint density at radius 3 is 2.80 bits per heavy atom. The molecule has 6 nitrogen and oxygen atoms in total. The van der Waals surface area contributed by atoms with Gasteiger partial charge in [-0.2, -0.15) is 0 Å². The maximum absolute atomic E-state index is 11.5. The molecule has 0 aromatic carbocycles. The number of rotatable bonds is 2. The number of hydrogen-bond donors (Lipinski definition) is 1. The Bertz CT molecular complexity index is 664. The Morgan fingerprint density at radius 2 is 2.05 bits per heavy atom. The Kier molecular flexibility index (Phi) is 3.16. The smallest absolute Gasteiger partial charge is 0.307 e. The van der Waals surface area contributed by atoms with Crippen LogP contribution in [0.15, 0.2) is 6.07 Å². The van der Waals surface area contributed by atoms with Gasteiger partial charge in [-0.1, -0.05) is 12.8 Å². The number of carboxylic acids is 1. The predicted molar refractivity (Wildman–Crippen MR) is 72.6 cm³/mol. The maximum Gasteiger partial charge on any atom is 0.307 e. The van der Waals surface area contributed by atoms with Crippen LogP contribution in [0, 0.1) is 19.8 Å². The molecule has 1 N–H and O–H groups in total. The van der Waals surface area contributed by atoms with Crippen molar-refractivity contribution in [3.8, 4) is 0 Å². The van der Waals surface area contributed by atoms with Crippen LogP contribution >= 0.6 is 0 Å². The number of aromatic nitrogens is 4. The number of nitrogens with zero attached hydrogens (tertiary/aromatic N) is 4. The fourth-order valence-electron chi connectivity index (χ4n) is 3.23. The van der Waals surface area contributed by atoms with Gasteiger partial charge in [-0.25, -0.2) is 4.98 Å². The summed E-state index contributed by atoms with van der Waals surface area (Å²) in [6.07, 6.45) is 3.58. The summed E-state index contributed by atoms with van der Waals surface area (Å²) in [5, 5.41) is 17.9. The normalized spacial score (nSPS) is 23.1. The van der Waals surface area contributed by atoms with Crippen molar-refractivity contribution in [3.63, 3.8) is 0 Å². The molecule has 0 amide bonds. The maximum atomic E-state index is 11.5. The molecule has 1 saturated carbocycles. The summed E-state index contributed by atoms with van der Waals surface area (Å²) in [5.41, 5.74) is 1.65. The van der Waals surface area contributed by atoms with E-state index in [1.54, 1.807) is 0 Å². The molecular weight excluding hydrogens is 256 g/mol. The molecular formula is C14H18N4O2. The van der Waals surface area contributed by atoms with E-state index in [1.165, 1.54) is 0 Å². The van der Waals surface area contributed by atoms with E-state index in [0.717, 1.165) is 42.3 Å². The van der Waals surface area contributed by atoms with Crippen molar-refractivity contribution in [1.82, 2.24) is 19.6 Å². The highest BCUT2D eigenvalue weighted by Gasteiger charge is 2.35. The molecule has 2 atom stereocenters. The molecule has 2 aromatic rings. The molecule has 2 aromatic heterocycles. The van der Waals surface area contributed by atoms with E-state index in [9.17, 15) is 9.90 Å². The fraction of sp³-hybridized carbons (Fsp3) is 0.571. The zero-order valence-electron chi connectivity index (χ0n) is 11.7. The van der Waals surface area contributed by atoms with Crippen LogP contribution in [0.1, 0.15) is 48.9 Å². The number of aryl methyl sites for hydroxylation is 2. The standard InChI is InChI=1S/C14H18N4O2/c1-8-7-12-16-17-13(18(12)9(2)15-8)10-5-3-4-6-11(10)14(19)20/h7,10-11H,3-6H2,1-2H3,(H,19,20). The van der Waals surface area contributed by atoms with E-state index in [0.29, 0.717) is 6.42 Å². The molecule has 3 rings (SSSR count). The molecule has 2 heterocycles. The molecule has 0 bridgehead atoms. The second-order valence-corrected chi connectivity index (χ2v) is 5.53. The number of carbonyl (C=O) groups is 1. The van der Waals surface area contributed by atoms with Crippen molar-refractivity contribution >= 4 is 11.6 Å². The third kappa shape index (κ3) is 2.05. The predicted octanol–water partition coefficient (Wildman–Crippen LogP) is 2.10. The Labute approximate surface area is 116 Å². The first-order valence-electron chi connectivity index (χ1n) is 7.00. The van der Waals surface area contributed by atoms with E-state index in [-0.39, 0.29) is 11.8 Å². The summed E-state index contributed by atoms with van der Waals surface area (Å²) >= 11 is 0. The minimum absolute atomic E-state index is 0.0699. The first-order valence-corrected chi connectivity index (χ1v) is 7.00. The van der Waals surface area contributed by atoms with Crippen molar-refractivity contribution in [2.24, 2.45) is 5.92 Å². The monoisotopic (exact) mass is 274 g/mol. The van der Waals surface area contributed by atoms with Crippen LogP contribution in [-0.2, 0) is 4.79 Å². The third-order valence-corrected chi connectivity index (χ3v) is 4.13. The van der Waals surface area contributed by atoms with Crippen LogP contribution in [0.2, 0.25) is 0 Å². The van der Waals surface area contributed by atoms with Crippen molar-refractivity contribution in [1.29, 1.82) is 0 Å². The summed E-state index contributed by atoms with van der Waals surface area (Å²) in [4.78, 5) is 15.9. The van der Waals surface area contributed by atoms with Gasteiger partial charge in [-0.3, -0.25) is 9.20 Å². The highest BCUT2D eigenvalue weighted by atomic mass is 16.4. The lowest BCUT2D eigenvalue weighted by Gasteiger charge is -2.27. The van der Waals surface area contributed by atoms with E-state index >= 15 is 0 Å². The van der Waals surface area contributed by atoms with Gasteiger partial charge in [0.1, 0.15) is 11.6 Å². The summed E-state index contributed by atoms with van der Waals surface area (Å²) in [6, 6.07) is 1.88. The Morgan fingerprint density at radius 1 is 1.30 bits per heavy atom. The molecule has 0 radical (unpaired) electrons. The molecule has 106 valence electrons. The Hall–Kier alpha value is -1.98. The second-order valence-electron chi connectivity index (χ2n) is 5.53. The van der Waals surface area contributed by atoms with Crippen LogP contribution < -0.4 is 0 Å².